The molecule has 0 aliphatic carbocycles. The van der Waals surface area contributed by atoms with E-state index in [4.69, 9.17) is 9.26 Å². The second kappa shape index (κ2) is 7.83. The first-order valence-electron chi connectivity index (χ1n) is 8.31. The van der Waals surface area contributed by atoms with E-state index in [2.05, 4.69) is 10.5 Å². The Bertz CT molecular complexity index is 721. The van der Waals surface area contributed by atoms with Crippen molar-refractivity contribution >= 4 is 11.8 Å². The SMILES string of the molecule is Cc1cc(C(=O)NC2CCN(C(=O)COc3ccccc3)CC2)no1. The van der Waals surface area contributed by atoms with Crippen molar-refractivity contribution in [3.8, 4) is 5.75 Å². The fraction of sp³-hybridized carbons (Fsp3) is 0.389. The summed E-state index contributed by atoms with van der Waals surface area (Å²) >= 11 is 0. The lowest BCUT2D eigenvalue weighted by molar-refractivity contribution is -0.134. The Balaban J connectivity index is 1.42. The maximum atomic E-state index is 12.2. The summed E-state index contributed by atoms with van der Waals surface area (Å²) in [5, 5.41) is 6.64. The number of amides is 2. The minimum atomic E-state index is -0.242. The molecule has 1 aromatic carbocycles. The van der Waals surface area contributed by atoms with Crippen LogP contribution in [0.25, 0.3) is 0 Å². The number of hydrogen-bond acceptors (Lipinski definition) is 5. The summed E-state index contributed by atoms with van der Waals surface area (Å²) in [6, 6.07) is 10.9. The van der Waals surface area contributed by atoms with E-state index in [1.54, 1.807) is 17.9 Å². The van der Waals surface area contributed by atoms with Crippen LogP contribution in [-0.2, 0) is 4.79 Å². The topological polar surface area (TPSA) is 84.7 Å². The molecule has 25 heavy (non-hydrogen) atoms. The van der Waals surface area contributed by atoms with Crippen LogP contribution in [0, 0.1) is 6.92 Å². The predicted molar refractivity (Wildman–Crippen MR) is 90.2 cm³/mol. The average Bonchev–Trinajstić information content (AvgIpc) is 3.08. The first kappa shape index (κ1) is 17.0. The highest BCUT2D eigenvalue weighted by atomic mass is 16.5. The van der Waals surface area contributed by atoms with Crippen LogP contribution in [0.3, 0.4) is 0 Å². The molecular formula is C18H21N3O4. The molecule has 1 aliphatic rings. The smallest absolute Gasteiger partial charge is 0.273 e. The molecule has 2 aromatic rings. The van der Waals surface area contributed by atoms with E-state index in [1.165, 1.54) is 0 Å². The molecule has 1 aromatic heterocycles. The van der Waals surface area contributed by atoms with Crippen molar-refractivity contribution in [2.75, 3.05) is 19.7 Å². The summed E-state index contributed by atoms with van der Waals surface area (Å²) in [7, 11) is 0. The highest BCUT2D eigenvalue weighted by Crippen LogP contribution is 2.13. The summed E-state index contributed by atoms with van der Waals surface area (Å²) < 4.78 is 10.4. The number of piperidine rings is 1. The Morgan fingerprint density at radius 1 is 1.28 bits per heavy atom. The maximum absolute atomic E-state index is 12.2. The highest BCUT2D eigenvalue weighted by molar-refractivity contribution is 5.92. The van der Waals surface area contributed by atoms with Crippen molar-refractivity contribution in [2.45, 2.75) is 25.8 Å². The van der Waals surface area contributed by atoms with Gasteiger partial charge >= 0.3 is 0 Å². The summed E-state index contributed by atoms with van der Waals surface area (Å²) in [6.45, 7) is 2.96. The molecule has 2 amide bonds. The van der Waals surface area contributed by atoms with Crippen LogP contribution in [0.2, 0.25) is 0 Å². The summed E-state index contributed by atoms with van der Waals surface area (Å²) in [6.07, 6.45) is 1.42. The number of aryl methyl sites for hydroxylation is 1. The van der Waals surface area contributed by atoms with Gasteiger partial charge in [0.1, 0.15) is 11.5 Å². The maximum Gasteiger partial charge on any atom is 0.273 e. The fourth-order valence-corrected chi connectivity index (χ4v) is 2.76. The van der Waals surface area contributed by atoms with Gasteiger partial charge in [0.05, 0.1) is 0 Å². The van der Waals surface area contributed by atoms with Gasteiger partial charge in [-0.15, -0.1) is 0 Å². The molecular weight excluding hydrogens is 322 g/mol. The normalized spacial score (nSPS) is 15.0. The molecule has 0 spiro atoms. The number of carbonyl (C=O) groups excluding carboxylic acids is 2. The highest BCUT2D eigenvalue weighted by Gasteiger charge is 2.25. The van der Waals surface area contributed by atoms with Gasteiger partial charge < -0.3 is 19.5 Å². The Hall–Kier alpha value is -2.83. The van der Waals surface area contributed by atoms with Gasteiger partial charge in [-0.2, -0.15) is 0 Å². The zero-order valence-corrected chi connectivity index (χ0v) is 14.1. The van der Waals surface area contributed by atoms with Gasteiger partial charge in [0.2, 0.25) is 0 Å². The lowest BCUT2D eigenvalue weighted by atomic mass is 10.0. The minimum absolute atomic E-state index is 0.0270. The first-order chi connectivity index (χ1) is 12.1. The zero-order chi connectivity index (χ0) is 17.6. The molecule has 7 heteroatoms. The van der Waals surface area contributed by atoms with Gasteiger partial charge in [0.25, 0.3) is 11.8 Å². The van der Waals surface area contributed by atoms with Crippen molar-refractivity contribution in [3.63, 3.8) is 0 Å². The zero-order valence-electron chi connectivity index (χ0n) is 14.1. The largest absolute Gasteiger partial charge is 0.484 e. The number of hydrogen-bond donors (Lipinski definition) is 1. The van der Waals surface area contributed by atoms with Gasteiger partial charge in [-0.1, -0.05) is 23.4 Å². The molecule has 0 atom stereocenters. The van der Waals surface area contributed by atoms with Gasteiger partial charge in [0.15, 0.2) is 12.3 Å². The molecule has 1 saturated heterocycles. The molecule has 1 N–H and O–H groups in total. The number of likely N-dealkylation sites (tertiary alicyclic amines) is 1. The van der Waals surface area contributed by atoms with E-state index in [-0.39, 0.29) is 30.2 Å². The second-order valence-electron chi connectivity index (χ2n) is 6.05. The van der Waals surface area contributed by atoms with Gasteiger partial charge in [0, 0.05) is 25.2 Å². The van der Waals surface area contributed by atoms with Crippen molar-refractivity contribution in [1.29, 1.82) is 0 Å². The van der Waals surface area contributed by atoms with E-state index in [0.29, 0.717) is 37.4 Å². The van der Waals surface area contributed by atoms with Crippen LogP contribution in [0.5, 0.6) is 5.75 Å². The molecule has 1 aliphatic heterocycles. The van der Waals surface area contributed by atoms with Crippen LogP contribution in [0.4, 0.5) is 0 Å². The third kappa shape index (κ3) is 4.59. The summed E-state index contributed by atoms with van der Waals surface area (Å²) in [4.78, 5) is 26.1. The number of rotatable bonds is 5. The van der Waals surface area contributed by atoms with Crippen LogP contribution in [0.1, 0.15) is 29.1 Å². The Morgan fingerprint density at radius 3 is 2.64 bits per heavy atom. The number of aromatic nitrogens is 1. The summed E-state index contributed by atoms with van der Waals surface area (Å²) in [5.41, 5.74) is 0.285. The molecule has 132 valence electrons. The van der Waals surface area contributed by atoms with E-state index in [9.17, 15) is 9.59 Å². The van der Waals surface area contributed by atoms with E-state index < -0.39 is 0 Å². The quantitative estimate of drug-likeness (QED) is 0.894. The summed E-state index contributed by atoms with van der Waals surface area (Å²) in [5.74, 6) is 1.000. The first-order valence-corrected chi connectivity index (χ1v) is 8.31. The Morgan fingerprint density at radius 2 is 2.00 bits per heavy atom. The van der Waals surface area contributed by atoms with Crippen molar-refractivity contribution in [3.05, 3.63) is 47.9 Å². The molecule has 1 fully saturated rings. The standard InChI is InChI=1S/C18H21N3O4/c1-13-11-16(20-25-13)18(23)19-14-7-9-21(10-8-14)17(22)12-24-15-5-3-2-4-6-15/h2-6,11,14H,7-10,12H2,1H3,(H,19,23). The number of para-hydroxylation sites is 1. The van der Waals surface area contributed by atoms with Gasteiger partial charge in [-0.25, -0.2) is 0 Å². The number of nitrogens with zero attached hydrogens (tertiary/aromatic N) is 2. The number of nitrogens with one attached hydrogen (secondary N) is 1. The third-order valence-electron chi connectivity index (χ3n) is 4.15. The number of carbonyl (C=O) groups is 2. The molecule has 2 heterocycles. The van der Waals surface area contributed by atoms with Crippen molar-refractivity contribution < 1.29 is 18.8 Å². The molecule has 3 rings (SSSR count). The Kier molecular flexibility index (Phi) is 5.33. The molecule has 0 saturated carbocycles. The number of ether oxygens (including phenoxy) is 1. The van der Waals surface area contributed by atoms with Crippen LogP contribution in [-0.4, -0.2) is 47.6 Å². The second-order valence-corrected chi connectivity index (χ2v) is 6.05. The molecule has 0 bridgehead atoms. The Labute approximate surface area is 145 Å². The third-order valence-corrected chi connectivity index (χ3v) is 4.15. The van der Waals surface area contributed by atoms with Crippen LogP contribution >= 0.6 is 0 Å². The average molecular weight is 343 g/mol. The van der Waals surface area contributed by atoms with Crippen LogP contribution in [0.15, 0.2) is 40.9 Å². The van der Waals surface area contributed by atoms with Crippen molar-refractivity contribution in [1.82, 2.24) is 15.4 Å². The fourth-order valence-electron chi connectivity index (χ4n) is 2.76. The van der Waals surface area contributed by atoms with E-state index in [0.717, 1.165) is 0 Å². The van der Waals surface area contributed by atoms with E-state index in [1.807, 2.05) is 30.3 Å². The monoisotopic (exact) mass is 343 g/mol. The van der Waals surface area contributed by atoms with Gasteiger partial charge in [-0.05, 0) is 31.9 Å². The van der Waals surface area contributed by atoms with Crippen molar-refractivity contribution in [2.24, 2.45) is 0 Å². The minimum Gasteiger partial charge on any atom is -0.484 e. The lowest BCUT2D eigenvalue weighted by Crippen LogP contribution is -2.47. The lowest BCUT2D eigenvalue weighted by Gasteiger charge is -2.32. The molecule has 0 unspecified atom stereocenters. The molecule has 7 nitrogen and oxygen atoms in total. The van der Waals surface area contributed by atoms with E-state index >= 15 is 0 Å². The van der Waals surface area contributed by atoms with Gasteiger partial charge in [-0.3, -0.25) is 9.59 Å². The number of benzene rings is 1. The predicted octanol–water partition coefficient (Wildman–Crippen LogP) is 1.78. The molecule has 0 radical (unpaired) electrons. The van der Waals surface area contributed by atoms with Crippen LogP contribution < -0.4 is 10.1 Å².